The summed E-state index contributed by atoms with van der Waals surface area (Å²) in [7, 11) is 0. The summed E-state index contributed by atoms with van der Waals surface area (Å²) in [4.78, 5) is 23.6. The van der Waals surface area contributed by atoms with Gasteiger partial charge in [0.1, 0.15) is 0 Å². The number of carbonyl (C=O) groups is 2. The van der Waals surface area contributed by atoms with E-state index < -0.39 is 6.04 Å². The summed E-state index contributed by atoms with van der Waals surface area (Å²) in [5.41, 5.74) is 5.34. The van der Waals surface area contributed by atoms with Gasteiger partial charge in [-0.25, -0.2) is 5.43 Å². The fourth-order valence-corrected chi connectivity index (χ4v) is 2.84. The maximum atomic E-state index is 11.9. The van der Waals surface area contributed by atoms with Crippen LogP contribution in [0.25, 0.3) is 0 Å². The summed E-state index contributed by atoms with van der Waals surface area (Å²) in [6.45, 7) is 8.27. The quantitative estimate of drug-likeness (QED) is 0.364. The van der Waals surface area contributed by atoms with Gasteiger partial charge in [-0.05, 0) is 20.3 Å². The van der Waals surface area contributed by atoms with Gasteiger partial charge in [0.05, 0.1) is 24.4 Å². The van der Waals surface area contributed by atoms with Gasteiger partial charge in [0, 0.05) is 30.9 Å². The van der Waals surface area contributed by atoms with Crippen LogP contribution >= 0.6 is 0 Å². The van der Waals surface area contributed by atoms with Gasteiger partial charge in [-0.1, -0.05) is 19.8 Å². The largest absolute Gasteiger partial charge is 0.353 e. The topological polar surface area (TPSA) is 100 Å². The van der Waals surface area contributed by atoms with E-state index in [2.05, 4.69) is 33.2 Å². The number of hydrogen-bond donors (Lipinski definition) is 3. The van der Waals surface area contributed by atoms with Gasteiger partial charge in [-0.2, -0.15) is 10.2 Å². The van der Waals surface area contributed by atoms with Crippen LogP contribution in [0.15, 0.2) is 5.10 Å². The van der Waals surface area contributed by atoms with Crippen LogP contribution in [0.4, 0.5) is 0 Å². The molecule has 2 heterocycles. The standard InChI is InChI=1S/C17H28N6O2/c1-4-5-6-9-23-13(3)14(12(2)22-23)11-20-21-16(24)10-15-17(25)19-8-7-18-15/h11,15,18H,4-10H2,1-3H3,(H,19,25)(H,21,24). The van der Waals surface area contributed by atoms with Crippen LogP contribution in [0, 0.1) is 13.8 Å². The fraction of sp³-hybridized carbons (Fsp3) is 0.647. The molecule has 0 aliphatic carbocycles. The van der Waals surface area contributed by atoms with Crippen LogP contribution < -0.4 is 16.1 Å². The molecule has 25 heavy (non-hydrogen) atoms. The summed E-state index contributed by atoms with van der Waals surface area (Å²) in [5.74, 6) is -0.443. The summed E-state index contributed by atoms with van der Waals surface area (Å²) >= 11 is 0. The third-order valence-electron chi connectivity index (χ3n) is 4.31. The first-order chi connectivity index (χ1) is 12.0. The minimum Gasteiger partial charge on any atom is -0.353 e. The number of aromatic nitrogens is 2. The smallest absolute Gasteiger partial charge is 0.242 e. The molecule has 1 fully saturated rings. The van der Waals surface area contributed by atoms with Crippen molar-refractivity contribution in [1.29, 1.82) is 0 Å². The second-order valence-corrected chi connectivity index (χ2v) is 6.31. The minimum absolute atomic E-state index is 0.0669. The van der Waals surface area contributed by atoms with E-state index in [9.17, 15) is 9.59 Å². The Morgan fingerprint density at radius 2 is 2.20 bits per heavy atom. The lowest BCUT2D eigenvalue weighted by Gasteiger charge is -2.22. The Morgan fingerprint density at radius 3 is 2.92 bits per heavy atom. The zero-order valence-corrected chi connectivity index (χ0v) is 15.3. The summed E-state index contributed by atoms with van der Waals surface area (Å²) in [6.07, 6.45) is 5.15. The van der Waals surface area contributed by atoms with E-state index in [-0.39, 0.29) is 18.2 Å². The van der Waals surface area contributed by atoms with E-state index in [1.807, 2.05) is 18.5 Å². The number of aryl methyl sites for hydroxylation is 2. The Balaban J connectivity index is 1.88. The molecule has 2 amide bonds. The van der Waals surface area contributed by atoms with Crippen molar-refractivity contribution in [3.8, 4) is 0 Å². The lowest BCUT2D eigenvalue weighted by Crippen LogP contribution is -2.54. The Morgan fingerprint density at radius 1 is 1.40 bits per heavy atom. The fourth-order valence-electron chi connectivity index (χ4n) is 2.84. The second-order valence-electron chi connectivity index (χ2n) is 6.31. The first-order valence-electron chi connectivity index (χ1n) is 8.90. The first kappa shape index (κ1) is 19.1. The number of piperazine rings is 1. The molecule has 138 valence electrons. The molecular formula is C17H28N6O2. The third-order valence-corrected chi connectivity index (χ3v) is 4.31. The van der Waals surface area contributed by atoms with Crippen LogP contribution in [0.5, 0.6) is 0 Å². The highest BCUT2D eigenvalue weighted by Gasteiger charge is 2.23. The number of hydrogen-bond acceptors (Lipinski definition) is 5. The second kappa shape index (κ2) is 9.31. The number of carbonyl (C=O) groups excluding carboxylic acids is 2. The summed E-state index contributed by atoms with van der Waals surface area (Å²) in [5, 5.41) is 14.3. The Hall–Kier alpha value is -2.22. The zero-order valence-electron chi connectivity index (χ0n) is 15.3. The predicted octanol–water partition coefficient (Wildman–Crippen LogP) is 0.618. The van der Waals surface area contributed by atoms with Crippen LogP contribution in [0.3, 0.4) is 0 Å². The SMILES string of the molecule is CCCCCn1nc(C)c(C=NNC(=O)CC2NCCNC2=O)c1C. The summed E-state index contributed by atoms with van der Waals surface area (Å²) < 4.78 is 1.99. The van der Waals surface area contributed by atoms with Crippen LogP contribution in [0.2, 0.25) is 0 Å². The van der Waals surface area contributed by atoms with Gasteiger partial charge >= 0.3 is 0 Å². The Kier molecular flexibility index (Phi) is 7.12. The van der Waals surface area contributed by atoms with Crippen molar-refractivity contribution in [3.05, 3.63) is 17.0 Å². The van der Waals surface area contributed by atoms with Crippen molar-refractivity contribution < 1.29 is 9.59 Å². The van der Waals surface area contributed by atoms with Crippen molar-refractivity contribution in [3.63, 3.8) is 0 Å². The molecule has 3 N–H and O–H groups in total. The molecule has 0 aromatic carbocycles. The van der Waals surface area contributed by atoms with E-state index in [0.29, 0.717) is 13.1 Å². The maximum Gasteiger partial charge on any atom is 0.242 e. The van der Waals surface area contributed by atoms with Gasteiger partial charge in [-0.3, -0.25) is 14.3 Å². The highest BCUT2D eigenvalue weighted by atomic mass is 16.2. The van der Waals surface area contributed by atoms with Crippen molar-refractivity contribution >= 4 is 18.0 Å². The molecule has 1 unspecified atom stereocenters. The van der Waals surface area contributed by atoms with Gasteiger partial charge in [-0.15, -0.1) is 0 Å². The highest BCUT2D eigenvalue weighted by Crippen LogP contribution is 2.12. The van der Waals surface area contributed by atoms with Crippen LogP contribution in [-0.4, -0.2) is 46.9 Å². The molecule has 8 nitrogen and oxygen atoms in total. The van der Waals surface area contributed by atoms with Gasteiger partial charge in [0.25, 0.3) is 0 Å². The number of amides is 2. The molecule has 1 saturated heterocycles. The number of unbranched alkanes of at least 4 members (excludes halogenated alkanes) is 2. The molecule has 1 aromatic rings. The van der Waals surface area contributed by atoms with Crippen molar-refractivity contribution in [1.82, 2.24) is 25.8 Å². The molecule has 2 rings (SSSR count). The number of nitrogens with zero attached hydrogens (tertiary/aromatic N) is 3. The number of hydrazone groups is 1. The van der Waals surface area contributed by atoms with Crippen LogP contribution in [0.1, 0.15) is 49.6 Å². The lowest BCUT2D eigenvalue weighted by molar-refractivity contribution is -0.129. The molecule has 1 aliphatic heterocycles. The molecular weight excluding hydrogens is 320 g/mol. The molecule has 1 atom stereocenters. The normalized spacial score (nSPS) is 17.7. The molecule has 0 spiro atoms. The first-order valence-corrected chi connectivity index (χ1v) is 8.90. The number of nitrogens with one attached hydrogen (secondary N) is 3. The number of rotatable bonds is 8. The average Bonchev–Trinajstić information content (AvgIpc) is 2.85. The van der Waals surface area contributed by atoms with Crippen molar-refractivity contribution in [2.75, 3.05) is 13.1 Å². The molecule has 0 saturated carbocycles. The summed E-state index contributed by atoms with van der Waals surface area (Å²) in [6, 6.07) is -0.492. The Bertz CT molecular complexity index is 637. The molecule has 1 aromatic heterocycles. The lowest BCUT2D eigenvalue weighted by atomic mass is 10.1. The van der Waals surface area contributed by atoms with E-state index in [1.54, 1.807) is 6.21 Å². The van der Waals surface area contributed by atoms with Gasteiger partial charge in [0.2, 0.25) is 11.8 Å². The van der Waals surface area contributed by atoms with Crippen LogP contribution in [-0.2, 0) is 16.1 Å². The third kappa shape index (κ3) is 5.38. The average molecular weight is 348 g/mol. The molecule has 1 aliphatic rings. The molecule has 0 bridgehead atoms. The maximum absolute atomic E-state index is 11.9. The molecule has 0 radical (unpaired) electrons. The monoisotopic (exact) mass is 348 g/mol. The van der Waals surface area contributed by atoms with E-state index >= 15 is 0 Å². The van der Waals surface area contributed by atoms with Gasteiger partial charge in [0.15, 0.2) is 0 Å². The van der Waals surface area contributed by atoms with Crippen molar-refractivity contribution in [2.24, 2.45) is 5.10 Å². The zero-order chi connectivity index (χ0) is 18.2. The minimum atomic E-state index is -0.492. The van der Waals surface area contributed by atoms with E-state index in [0.717, 1.165) is 29.9 Å². The Labute approximate surface area is 148 Å². The molecule has 8 heteroatoms. The van der Waals surface area contributed by atoms with Gasteiger partial charge < -0.3 is 10.6 Å². The van der Waals surface area contributed by atoms with E-state index in [4.69, 9.17) is 0 Å². The van der Waals surface area contributed by atoms with E-state index in [1.165, 1.54) is 12.8 Å². The predicted molar refractivity (Wildman–Crippen MR) is 96.4 cm³/mol. The van der Waals surface area contributed by atoms with Crippen molar-refractivity contribution in [2.45, 2.75) is 59.0 Å². The highest BCUT2D eigenvalue weighted by molar-refractivity contribution is 5.89.